The van der Waals surface area contributed by atoms with Gasteiger partial charge in [0.1, 0.15) is 0 Å². The lowest BCUT2D eigenvalue weighted by Crippen LogP contribution is -2.45. The average molecular weight is 1030 g/mol. The Bertz CT molecular complexity index is 1180. The van der Waals surface area contributed by atoms with E-state index in [2.05, 4.69) is 55.6 Å². The zero-order valence-corrected chi connectivity index (χ0v) is 49.1. The lowest BCUT2D eigenvalue weighted by molar-refractivity contribution is -0.143. The second kappa shape index (κ2) is 62.6. The number of ether oxygens (including phenoxy) is 1. The third-order valence-electron chi connectivity index (χ3n) is 15.2. The maximum absolute atomic E-state index is 12.5. The van der Waals surface area contributed by atoms with Crippen molar-refractivity contribution in [2.45, 2.75) is 366 Å². The van der Waals surface area contributed by atoms with E-state index in [1.165, 1.54) is 270 Å². The molecule has 0 heterocycles. The van der Waals surface area contributed by atoms with Gasteiger partial charge >= 0.3 is 5.97 Å². The van der Waals surface area contributed by atoms with Crippen LogP contribution in [-0.4, -0.2) is 47.4 Å². The van der Waals surface area contributed by atoms with Gasteiger partial charge in [0.05, 0.1) is 25.4 Å². The number of hydrogen-bond acceptors (Lipinski definition) is 5. The van der Waals surface area contributed by atoms with Crippen LogP contribution in [0.2, 0.25) is 0 Å². The van der Waals surface area contributed by atoms with E-state index in [0.717, 1.165) is 51.4 Å². The van der Waals surface area contributed by atoms with Crippen LogP contribution in [-0.2, 0) is 14.3 Å². The smallest absolute Gasteiger partial charge is 0.305 e. The zero-order valence-electron chi connectivity index (χ0n) is 49.1. The van der Waals surface area contributed by atoms with E-state index in [0.29, 0.717) is 25.9 Å². The molecular formula is C67H127NO5. The molecule has 430 valence electrons. The first-order valence-electron chi connectivity index (χ1n) is 32.7. The monoisotopic (exact) mass is 1030 g/mol. The Morgan fingerprint density at radius 3 is 1.05 bits per heavy atom. The number of amides is 1. The summed E-state index contributed by atoms with van der Waals surface area (Å²) in [4.78, 5) is 24.6. The minimum Gasteiger partial charge on any atom is -0.465 e. The number of esters is 1. The van der Waals surface area contributed by atoms with E-state index in [-0.39, 0.29) is 18.5 Å². The van der Waals surface area contributed by atoms with Crippen molar-refractivity contribution in [1.29, 1.82) is 0 Å². The molecule has 0 saturated heterocycles. The second-order valence-corrected chi connectivity index (χ2v) is 22.4. The molecule has 6 heteroatoms. The van der Waals surface area contributed by atoms with Gasteiger partial charge < -0.3 is 20.3 Å². The summed E-state index contributed by atoms with van der Waals surface area (Å²) in [6, 6.07) is -0.546. The van der Waals surface area contributed by atoms with Gasteiger partial charge in [-0.15, -0.1) is 0 Å². The van der Waals surface area contributed by atoms with Crippen molar-refractivity contribution in [3.05, 3.63) is 36.5 Å². The van der Waals surface area contributed by atoms with Crippen LogP contribution >= 0.6 is 0 Å². The molecule has 0 fully saturated rings. The lowest BCUT2D eigenvalue weighted by Gasteiger charge is -2.22. The summed E-state index contributed by atoms with van der Waals surface area (Å²) >= 11 is 0. The quantitative estimate of drug-likeness (QED) is 0.0320. The molecule has 3 N–H and O–H groups in total. The molecule has 0 saturated carbocycles. The summed E-state index contributed by atoms with van der Waals surface area (Å²) < 4.78 is 5.43. The van der Waals surface area contributed by atoms with E-state index in [9.17, 15) is 19.8 Å². The summed E-state index contributed by atoms with van der Waals surface area (Å²) in [6.45, 7) is 4.86. The van der Waals surface area contributed by atoms with Crippen LogP contribution in [0, 0.1) is 0 Å². The van der Waals surface area contributed by atoms with Crippen molar-refractivity contribution >= 4 is 11.9 Å². The van der Waals surface area contributed by atoms with Gasteiger partial charge in [-0.25, -0.2) is 0 Å². The van der Waals surface area contributed by atoms with Crippen molar-refractivity contribution in [1.82, 2.24) is 5.32 Å². The Kier molecular flexibility index (Phi) is 61.0. The molecule has 0 aliphatic heterocycles. The number of carbonyl (C=O) groups is 2. The first kappa shape index (κ1) is 71.1. The van der Waals surface area contributed by atoms with Gasteiger partial charge in [-0.3, -0.25) is 9.59 Å². The molecule has 1 amide bonds. The topological polar surface area (TPSA) is 95.9 Å². The predicted octanol–water partition coefficient (Wildman–Crippen LogP) is 20.8. The molecule has 0 aromatic rings. The van der Waals surface area contributed by atoms with E-state index >= 15 is 0 Å². The number of carbonyl (C=O) groups excluding carboxylic acids is 2. The van der Waals surface area contributed by atoms with Crippen LogP contribution in [0.25, 0.3) is 0 Å². The maximum Gasteiger partial charge on any atom is 0.305 e. The Hall–Kier alpha value is -1.92. The summed E-state index contributed by atoms with van der Waals surface area (Å²) in [5.74, 6) is -0.0753. The molecule has 6 nitrogen and oxygen atoms in total. The standard InChI is InChI=1S/C67H127NO5/c1-3-5-7-9-11-13-15-17-19-21-28-31-35-39-43-47-51-55-59-65(70)64(63-69)68-66(71)60-56-52-48-44-40-36-32-29-25-23-22-24-26-30-34-38-42-46-50-54-58-62-73-67(72)61-57-53-49-45-41-37-33-27-20-18-16-14-12-10-8-6-4-2/h18,20,38,42,50,54,64-65,69-70H,3-17,19,21-37,39-41,43-49,51-53,55-63H2,1-2H3,(H,68,71)/b20-18-,42-38-,54-50-. The van der Waals surface area contributed by atoms with Gasteiger partial charge in [-0.05, 0) is 70.6 Å². The Balaban J connectivity index is 3.45. The summed E-state index contributed by atoms with van der Waals surface area (Å²) in [6.07, 6.45) is 78.9. The van der Waals surface area contributed by atoms with Crippen molar-refractivity contribution in [2.75, 3.05) is 13.2 Å². The molecule has 2 atom stereocenters. The summed E-state index contributed by atoms with van der Waals surface area (Å²) in [5.41, 5.74) is 0. The molecule has 0 aliphatic carbocycles. The van der Waals surface area contributed by atoms with Gasteiger partial charge in [-0.1, -0.05) is 307 Å². The van der Waals surface area contributed by atoms with Gasteiger partial charge in [0.15, 0.2) is 0 Å². The van der Waals surface area contributed by atoms with E-state index in [4.69, 9.17) is 4.74 Å². The first-order chi connectivity index (χ1) is 36.0. The third-order valence-corrected chi connectivity index (χ3v) is 15.2. The van der Waals surface area contributed by atoms with E-state index in [1.807, 2.05) is 0 Å². The highest BCUT2D eigenvalue weighted by Gasteiger charge is 2.20. The molecule has 73 heavy (non-hydrogen) atoms. The van der Waals surface area contributed by atoms with Crippen molar-refractivity contribution in [2.24, 2.45) is 0 Å². The Morgan fingerprint density at radius 2 is 0.685 bits per heavy atom. The fraction of sp³-hybridized carbons (Fsp3) is 0.881. The number of nitrogens with one attached hydrogen (secondary N) is 1. The van der Waals surface area contributed by atoms with Crippen molar-refractivity contribution in [3.63, 3.8) is 0 Å². The fourth-order valence-electron chi connectivity index (χ4n) is 10.2. The Morgan fingerprint density at radius 1 is 0.384 bits per heavy atom. The van der Waals surface area contributed by atoms with E-state index < -0.39 is 12.1 Å². The number of allylic oxidation sites excluding steroid dienone is 5. The second-order valence-electron chi connectivity index (χ2n) is 22.4. The van der Waals surface area contributed by atoms with Gasteiger partial charge in [0.2, 0.25) is 5.91 Å². The zero-order chi connectivity index (χ0) is 52.9. The third kappa shape index (κ3) is 59.2. The predicted molar refractivity (Wildman–Crippen MR) is 319 cm³/mol. The molecule has 0 bridgehead atoms. The normalized spacial score (nSPS) is 12.8. The van der Waals surface area contributed by atoms with Crippen LogP contribution in [0.3, 0.4) is 0 Å². The van der Waals surface area contributed by atoms with Crippen LogP contribution < -0.4 is 5.32 Å². The largest absolute Gasteiger partial charge is 0.465 e. The highest BCUT2D eigenvalue weighted by atomic mass is 16.5. The lowest BCUT2D eigenvalue weighted by atomic mass is 10.0. The first-order valence-corrected chi connectivity index (χ1v) is 32.7. The van der Waals surface area contributed by atoms with Crippen LogP contribution in [0.4, 0.5) is 0 Å². The Labute approximate surface area is 455 Å². The molecule has 0 radical (unpaired) electrons. The SMILES string of the molecule is CCCCCCCC/C=C\CCCCCCCCCC(=O)OCC/C=C\C/C=C\CCCCCCCCCCCCCCCCC(=O)NC(CO)C(O)CCCCCCCCCCCCCCCCCCCC. The molecule has 0 aromatic heterocycles. The molecule has 0 spiro atoms. The number of aliphatic hydroxyl groups is 2. The minimum atomic E-state index is -0.669. The highest BCUT2D eigenvalue weighted by Crippen LogP contribution is 2.18. The average Bonchev–Trinajstić information content (AvgIpc) is 3.39. The summed E-state index contributed by atoms with van der Waals surface area (Å²) in [5, 5.41) is 23.4. The maximum atomic E-state index is 12.5. The number of aliphatic hydroxyl groups excluding tert-OH is 2. The molecule has 0 aromatic carbocycles. The molecule has 0 aliphatic rings. The number of hydrogen-bond donors (Lipinski definition) is 3. The summed E-state index contributed by atoms with van der Waals surface area (Å²) in [7, 11) is 0. The highest BCUT2D eigenvalue weighted by molar-refractivity contribution is 5.76. The van der Waals surface area contributed by atoms with Crippen LogP contribution in [0.1, 0.15) is 354 Å². The van der Waals surface area contributed by atoms with Gasteiger partial charge in [-0.2, -0.15) is 0 Å². The molecular weight excluding hydrogens is 899 g/mol. The van der Waals surface area contributed by atoms with Gasteiger partial charge in [0, 0.05) is 12.8 Å². The van der Waals surface area contributed by atoms with Crippen LogP contribution in [0.15, 0.2) is 36.5 Å². The van der Waals surface area contributed by atoms with Crippen molar-refractivity contribution < 1.29 is 24.5 Å². The fourth-order valence-corrected chi connectivity index (χ4v) is 10.2. The molecule has 0 rings (SSSR count). The number of unbranched alkanes of at least 4 members (excludes halogenated alkanes) is 44. The number of rotatable bonds is 61. The van der Waals surface area contributed by atoms with Gasteiger partial charge in [0.25, 0.3) is 0 Å². The van der Waals surface area contributed by atoms with Crippen LogP contribution in [0.5, 0.6) is 0 Å². The minimum absolute atomic E-state index is 0.0372. The van der Waals surface area contributed by atoms with Crippen molar-refractivity contribution in [3.8, 4) is 0 Å². The molecule has 2 unspecified atom stereocenters. The van der Waals surface area contributed by atoms with E-state index in [1.54, 1.807) is 0 Å².